The van der Waals surface area contributed by atoms with E-state index in [2.05, 4.69) is 132 Å². The van der Waals surface area contributed by atoms with Gasteiger partial charge in [-0.15, -0.1) is 0 Å². The molecule has 110 heavy (non-hydrogen) atoms. The number of fused-ring (bicyclic) bond motifs is 11. The van der Waals surface area contributed by atoms with E-state index in [9.17, 15) is 66.4 Å². The second kappa shape index (κ2) is 29.4. The van der Waals surface area contributed by atoms with Crippen molar-refractivity contribution < 1.29 is 64.3 Å². The van der Waals surface area contributed by atoms with E-state index in [-0.39, 0.29) is 64.0 Å². The normalized spacial score (nSPS) is 19.9. The zero-order valence-corrected chi connectivity index (χ0v) is 63.3. The van der Waals surface area contributed by atoms with Gasteiger partial charge in [0.05, 0.1) is 53.5 Å². The average Bonchev–Trinajstić information content (AvgIpc) is 1.56. The van der Waals surface area contributed by atoms with Gasteiger partial charge >= 0.3 is 0 Å². The van der Waals surface area contributed by atoms with E-state index in [4.69, 9.17) is 9.47 Å². The summed E-state index contributed by atoms with van der Waals surface area (Å²) in [6.45, 7) is 6.11. The minimum absolute atomic E-state index is 0.000609. The van der Waals surface area contributed by atoms with Gasteiger partial charge in [-0.25, -0.2) is 16.8 Å². The van der Waals surface area contributed by atoms with Crippen molar-refractivity contribution in [2.75, 3.05) is 64.4 Å². The molecule has 0 aromatic heterocycles. The van der Waals surface area contributed by atoms with Crippen LogP contribution in [0.2, 0.25) is 0 Å². The summed E-state index contributed by atoms with van der Waals surface area (Å²) in [5, 5.41) is 53.1. The van der Waals surface area contributed by atoms with Gasteiger partial charge in [-0.1, -0.05) is 99.2 Å². The zero-order chi connectivity index (χ0) is 78.0. The maximum Gasteiger partial charge on any atom is 0.270 e. The fraction of sp³-hybridized carbons (Fsp3) is 0.310. The standard InChI is InChI=1S/C74H76N8O10.C10H8O6S2/c1-71(59-45-55(81(87)88)29-33-61(59)77(39-41-91-5)65(71)15-13-17-67-73(35-9-7-10-36-73)69-57-43-53(79(83)84)27-23-51(57)25-31-63(69)75(67)3)47-49-19-21-50(22-20-49)48-72(2)60-46-56(82(89)90)30-34-62(60)78(40-42-92-6)66(72)16-14-18-68-74(37-11-8-12-38-74)70-58-44-54(80(85)86)28-24-52(58)26-32-64(70)76(68)4;11-17(12,13)8-5-1-3-7-4-2-6-9(10(7)8)18(14,15)16/h13-34,43-46H,7-12,35-42,47-48H2,1-6H3;1-6H,(H,11,12,13)(H,14,15,16)/q+2;/p-2. The molecule has 2 saturated carbocycles. The van der Waals surface area contributed by atoms with Gasteiger partial charge in [0.1, 0.15) is 34.3 Å². The highest BCUT2D eigenvalue weighted by molar-refractivity contribution is 7.87. The molecule has 26 heteroatoms. The Bertz CT molecular complexity index is 5430. The number of rotatable bonds is 20. The number of anilines is 2. The Morgan fingerprint density at radius 1 is 0.464 bits per heavy atom. The molecular formula is C84H82N8O16S2. The Balaban J connectivity index is 0.000000491. The molecule has 2 atom stereocenters. The molecule has 2 unspecified atom stereocenters. The SMILES string of the molecule is COCCN1C(=CC=CC2=[N+](C)c3ccc4ccc([N+](=O)[O-])cc4c3C23CCCCC3)C(C)(Cc2ccc(CC3(C)C(=CC=CC4=[N+](C)c5ccc6ccc([N+](=O)[O-])cc6c5C45CCCCC5)N(CCOC)c4ccc([N+](=O)[O-])cc43)cc2)c2cc([N+](=O)[O-])ccc21.O=S(=O)([O-])c1cccc2cccc(S(=O)(=O)[O-])c12. The predicted octanol–water partition coefficient (Wildman–Crippen LogP) is 16.3. The van der Waals surface area contributed by atoms with Crippen molar-refractivity contribution in [2.24, 2.45) is 0 Å². The monoisotopic (exact) mass is 1520 g/mol. The topological polar surface area (TPSA) is 318 Å². The van der Waals surface area contributed by atoms with Crippen molar-refractivity contribution in [2.45, 2.75) is 122 Å². The second-order valence-corrected chi connectivity index (χ2v) is 32.5. The van der Waals surface area contributed by atoms with Crippen LogP contribution in [0.3, 0.4) is 0 Å². The van der Waals surface area contributed by atoms with Gasteiger partial charge < -0.3 is 28.4 Å². The molecule has 4 aliphatic heterocycles. The van der Waals surface area contributed by atoms with Crippen LogP contribution in [-0.2, 0) is 64.2 Å². The summed E-state index contributed by atoms with van der Waals surface area (Å²) >= 11 is 0. The number of nitro groups is 4. The first-order valence-electron chi connectivity index (χ1n) is 36.6. The largest absolute Gasteiger partial charge is 0.744 e. The summed E-state index contributed by atoms with van der Waals surface area (Å²) in [5.74, 6) is 0. The minimum atomic E-state index is -4.87. The van der Waals surface area contributed by atoms with Crippen LogP contribution in [0.15, 0.2) is 215 Å². The van der Waals surface area contributed by atoms with Crippen LogP contribution in [-0.4, -0.2) is 121 Å². The third kappa shape index (κ3) is 13.3. The van der Waals surface area contributed by atoms with Crippen molar-refractivity contribution in [3.63, 3.8) is 0 Å². The molecule has 566 valence electrons. The van der Waals surface area contributed by atoms with E-state index >= 15 is 0 Å². The van der Waals surface area contributed by atoms with Crippen molar-refractivity contribution in [3.8, 4) is 0 Å². The molecule has 0 bridgehead atoms. The second-order valence-electron chi connectivity index (χ2n) is 29.8. The van der Waals surface area contributed by atoms with E-state index in [0.29, 0.717) is 39.1 Å². The number of allylic oxidation sites excluding steroid dienone is 8. The number of nitrogens with zero attached hydrogens (tertiary/aromatic N) is 8. The van der Waals surface area contributed by atoms with Crippen LogP contribution in [0.5, 0.6) is 0 Å². The molecule has 0 N–H and O–H groups in total. The fourth-order valence-corrected chi connectivity index (χ4v) is 20.2. The molecule has 9 aromatic carbocycles. The summed E-state index contributed by atoms with van der Waals surface area (Å²) in [6, 6.07) is 44.9. The molecular weight excluding hydrogens is 1440 g/mol. The molecule has 0 radical (unpaired) electrons. The summed E-state index contributed by atoms with van der Waals surface area (Å²) < 4.78 is 82.4. The summed E-state index contributed by atoms with van der Waals surface area (Å²) in [6.07, 6.45) is 23.9. The molecule has 0 amide bonds. The third-order valence-electron chi connectivity index (χ3n) is 23.6. The van der Waals surface area contributed by atoms with Crippen LogP contribution in [0.1, 0.15) is 111 Å². The highest BCUT2D eigenvalue weighted by Crippen LogP contribution is 2.57. The Kier molecular flexibility index (Phi) is 20.3. The molecule has 15 rings (SSSR count). The van der Waals surface area contributed by atoms with E-state index < -0.39 is 40.9 Å². The number of benzene rings is 9. The smallest absolute Gasteiger partial charge is 0.270 e. The first-order valence-corrected chi connectivity index (χ1v) is 39.4. The highest BCUT2D eigenvalue weighted by Gasteiger charge is 2.54. The lowest BCUT2D eigenvalue weighted by Gasteiger charge is -2.32. The van der Waals surface area contributed by atoms with E-state index in [1.165, 1.54) is 24.3 Å². The Labute approximate surface area is 636 Å². The van der Waals surface area contributed by atoms with Crippen LogP contribution in [0, 0.1) is 40.5 Å². The van der Waals surface area contributed by atoms with Gasteiger partial charge in [0.2, 0.25) is 11.4 Å². The molecule has 2 aliphatic carbocycles. The maximum absolute atomic E-state index is 12.6. The minimum Gasteiger partial charge on any atom is -0.744 e. The van der Waals surface area contributed by atoms with Crippen molar-refractivity contribution in [1.29, 1.82) is 0 Å². The number of non-ortho nitro benzene ring substituents is 4. The lowest BCUT2D eigenvalue weighted by molar-refractivity contribution is -0.401. The maximum atomic E-state index is 12.6. The molecule has 9 aromatic rings. The van der Waals surface area contributed by atoms with Crippen LogP contribution < -0.4 is 9.80 Å². The van der Waals surface area contributed by atoms with E-state index in [1.807, 2.05) is 24.3 Å². The summed E-state index contributed by atoms with van der Waals surface area (Å²) in [5.41, 5.74) is 11.8. The molecule has 0 saturated heterocycles. The van der Waals surface area contributed by atoms with Crippen LogP contribution >= 0.6 is 0 Å². The molecule has 2 spiro atoms. The number of ether oxygens (including phenoxy) is 2. The van der Waals surface area contributed by atoms with Crippen LogP contribution in [0.25, 0.3) is 32.3 Å². The lowest BCUT2D eigenvalue weighted by Crippen LogP contribution is -2.36. The summed E-state index contributed by atoms with van der Waals surface area (Å²) in [7, 11) is -2.22. The summed E-state index contributed by atoms with van der Waals surface area (Å²) in [4.78, 5) is 51.2. The Morgan fingerprint density at radius 2 is 0.818 bits per heavy atom. The first-order chi connectivity index (χ1) is 52.6. The quantitative estimate of drug-likeness (QED) is 0.0296. The van der Waals surface area contributed by atoms with E-state index in [1.54, 1.807) is 62.8 Å². The van der Waals surface area contributed by atoms with Gasteiger partial charge in [0.15, 0.2) is 11.4 Å². The first kappa shape index (κ1) is 75.8. The number of hydrogen-bond donors (Lipinski definition) is 0. The van der Waals surface area contributed by atoms with E-state index in [0.717, 1.165) is 177 Å². The van der Waals surface area contributed by atoms with Crippen molar-refractivity contribution >= 4 is 109 Å². The van der Waals surface area contributed by atoms with Gasteiger partial charge in [0.25, 0.3) is 22.7 Å². The Hall–Kier alpha value is -11.0. The number of nitro benzene ring substituents is 4. The zero-order valence-electron chi connectivity index (χ0n) is 61.7. The van der Waals surface area contributed by atoms with Gasteiger partial charge in [0, 0.05) is 150 Å². The lowest BCUT2D eigenvalue weighted by atomic mass is 9.66. The van der Waals surface area contributed by atoms with Crippen LogP contribution in [0.4, 0.5) is 45.5 Å². The molecule has 6 aliphatic rings. The highest BCUT2D eigenvalue weighted by atomic mass is 32.2. The van der Waals surface area contributed by atoms with Gasteiger partial charge in [-0.2, -0.15) is 9.15 Å². The molecule has 4 heterocycles. The van der Waals surface area contributed by atoms with Crippen molar-refractivity contribution in [3.05, 3.63) is 279 Å². The molecule has 2 fully saturated rings. The third-order valence-corrected chi connectivity index (χ3v) is 25.4. The number of hydrogen-bond acceptors (Lipinski definition) is 18. The Morgan fingerprint density at radius 3 is 1.17 bits per heavy atom. The molecule has 24 nitrogen and oxygen atoms in total. The average molecular weight is 1520 g/mol. The van der Waals surface area contributed by atoms with Gasteiger partial charge in [-0.05, 0) is 162 Å². The fourth-order valence-electron chi connectivity index (χ4n) is 18.7. The van der Waals surface area contributed by atoms with Crippen molar-refractivity contribution in [1.82, 2.24) is 0 Å². The predicted molar refractivity (Wildman–Crippen MR) is 420 cm³/mol. The van der Waals surface area contributed by atoms with Gasteiger partial charge in [-0.3, -0.25) is 40.5 Å². The number of methoxy groups -OCH3 is 2.